The van der Waals surface area contributed by atoms with Crippen LogP contribution in [-0.2, 0) is 4.79 Å². The van der Waals surface area contributed by atoms with Crippen molar-refractivity contribution in [3.05, 3.63) is 23.7 Å². The largest absolute Gasteiger partial charge is 0.481 e. The molecule has 0 radical (unpaired) electrons. The minimum atomic E-state index is -0.688. The van der Waals surface area contributed by atoms with E-state index in [0.717, 1.165) is 17.7 Å². The van der Waals surface area contributed by atoms with Gasteiger partial charge in [-0.15, -0.1) is 11.3 Å². The lowest BCUT2D eigenvalue weighted by atomic mass is 9.76. The topological polar surface area (TPSA) is 53.4 Å². The molecule has 1 aliphatic rings. The van der Waals surface area contributed by atoms with E-state index in [1.54, 1.807) is 11.3 Å². The molecule has 0 aromatic carbocycles. The average Bonchev–Trinajstić information content (AvgIpc) is 3.05. The van der Waals surface area contributed by atoms with Gasteiger partial charge in [-0.25, -0.2) is 4.98 Å². The highest BCUT2D eigenvalue weighted by atomic mass is 32.1. The lowest BCUT2D eigenvalue weighted by Gasteiger charge is -2.29. The van der Waals surface area contributed by atoms with Crippen LogP contribution in [0.25, 0.3) is 10.1 Å². The van der Waals surface area contributed by atoms with Crippen molar-refractivity contribution in [1.82, 2.24) is 4.98 Å². The number of pyridine rings is 1. The summed E-state index contributed by atoms with van der Waals surface area (Å²) < 4.78 is 1.20. The summed E-state index contributed by atoms with van der Waals surface area (Å²) in [6.07, 6.45) is 2.49. The molecule has 3 heterocycles. The number of thiophene rings is 1. The predicted octanol–water partition coefficient (Wildman–Crippen LogP) is 3.23. The van der Waals surface area contributed by atoms with Gasteiger partial charge in [-0.3, -0.25) is 4.79 Å². The Balaban J connectivity index is 1.98. The summed E-state index contributed by atoms with van der Waals surface area (Å²) in [5.74, 6) is 0.353. The second kappa shape index (κ2) is 4.74. The standard InChI is InChI=1S/C15H18N2O2S/c1-10(2)15(14(18)19)5-7-17(9-15)13-11-4-8-20-12(11)3-6-16-13/h3-4,6,8,10H,5,7,9H2,1-2H3,(H,18,19). The average molecular weight is 290 g/mol. The number of rotatable bonds is 3. The molecule has 0 spiro atoms. The summed E-state index contributed by atoms with van der Waals surface area (Å²) in [6.45, 7) is 5.29. The first-order valence-corrected chi connectivity index (χ1v) is 7.73. The summed E-state index contributed by atoms with van der Waals surface area (Å²) >= 11 is 1.69. The molecule has 106 valence electrons. The van der Waals surface area contributed by atoms with Gasteiger partial charge in [0.25, 0.3) is 0 Å². The lowest BCUT2D eigenvalue weighted by Crippen LogP contribution is -2.39. The molecule has 0 saturated carbocycles. The zero-order valence-corrected chi connectivity index (χ0v) is 12.5. The van der Waals surface area contributed by atoms with Gasteiger partial charge in [0.2, 0.25) is 0 Å². The van der Waals surface area contributed by atoms with Crippen LogP contribution >= 0.6 is 11.3 Å². The molecule has 2 aromatic heterocycles. The Kier molecular flexibility index (Phi) is 3.17. The van der Waals surface area contributed by atoms with Crippen LogP contribution in [0, 0.1) is 11.3 Å². The van der Waals surface area contributed by atoms with Crippen molar-refractivity contribution >= 4 is 33.2 Å². The minimum Gasteiger partial charge on any atom is -0.481 e. The van der Waals surface area contributed by atoms with E-state index in [9.17, 15) is 9.90 Å². The van der Waals surface area contributed by atoms with Gasteiger partial charge in [0.05, 0.1) is 5.41 Å². The molecular formula is C15H18N2O2S. The number of aromatic nitrogens is 1. The molecule has 1 N–H and O–H groups in total. The molecule has 0 bridgehead atoms. The summed E-state index contributed by atoms with van der Waals surface area (Å²) in [5, 5.41) is 12.8. The molecule has 2 aromatic rings. The van der Waals surface area contributed by atoms with Crippen LogP contribution in [0.5, 0.6) is 0 Å². The quantitative estimate of drug-likeness (QED) is 0.943. The molecule has 1 unspecified atom stereocenters. The van der Waals surface area contributed by atoms with Gasteiger partial charge in [0.15, 0.2) is 0 Å². The number of aliphatic carboxylic acids is 1. The van der Waals surface area contributed by atoms with Gasteiger partial charge < -0.3 is 10.0 Å². The van der Waals surface area contributed by atoms with Crippen molar-refractivity contribution in [2.45, 2.75) is 20.3 Å². The van der Waals surface area contributed by atoms with Crippen LogP contribution in [-0.4, -0.2) is 29.1 Å². The van der Waals surface area contributed by atoms with Gasteiger partial charge in [-0.1, -0.05) is 13.8 Å². The third-order valence-corrected chi connectivity index (χ3v) is 5.37. The Morgan fingerprint density at radius 1 is 1.50 bits per heavy atom. The van der Waals surface area contributed by atoms with E-state index < -0.39 is 11.4 Å². The van der Waals surface area contributed by atoms with Gasteiger partial charge in [-0.05, 0) is 29.9 Å². The highest BCUT2D eigenvalue weighted by Crippen LogP contribution is 2.41. The summed E-state index contributed by atoms with van der Waals surface area (Å²) in [5.41, 5.74) is -0.653. The van der Waals surface area contributed by atoms with Gasteiger partial charge >= 0.3 is 5.97 Å². The Hall–Kier alpha value is -1.62. The molecule has 20 heavy (non-hydrogen) atoms. The zero-order chi connectivity index (χ0) is 14.3. The number of carboxylic acids is 1. The van der Waals surface area contributed by atoms with Gasteiger partial charge in [0.1, 0.15) is 5.82 Å². The maximum absolute atomic E-state index is 11.7. The monoisotopic (exact) mass is 290 g/mol. The number of carbonyl (C=O) groups is 1. The number of carboxylic acid groups (broad SMARTS) is 1. The Morgan fingerprint density at radius 2 is 2.30 bits per heavy atom. The second-order valence-electron chi connectivity index (χ2n) is 5.75. The van der Waals surface area contributed by atoms with Gasteiger partial charge in [-0.2, -0.15) is 0 Å². The van der Waals surface area contributed by atoms with Crippen LogP contribution in [0.1, 0.15) is 20.3 Å². The summed E-state index contributed by atoms with van der Waals surface area (Å²) in [6, 6.07) is 4.07. The lowest BCUT2D eigenvalue weighted by molar-refractivity contribution is -0.150. The molecule has 0 aliphatic carbocycles. The summed E-state index contributed by atoms with van der Waals surface area (Å²) in [4.78, 5) is 18.3. The fourth-order valence-electron chi connectivity index (χ4n) is 3.04. The maximum Gasteiger partial charge on any atom is 0.311 e. The molecule has 1 atom stereocenters. The number of anilines is 1. The molecule has 5 heteroatoms. The number of nitrogens with zero attached hydrogens (tertiary/aromatic N) is 2. The normalized spacial score (nSPS) is 22.9. The number of hydrogen-bond donors (Lipinski definition) is 1. The first-order chi connectivity index (χ1) is 9.54. The van der Waals surface area contributed by atoms with Crippen molar-refractivity contribution in [2.24, 2.45) is 11.3 Å². The van der Waals surface area contributed by atoms with Crippen molar-refractivity contribution < 1.29 is 9.90 Å². The number of fused-ring (bicyclic) bond motifs is 1. The highest BCUT2D eigenvalue weighted by Gasteiger charge is 2.47. The van der Waals surface area contributed by atoms with Crippen molar-refractivity contribution in [3.8, 4) is 0 Å². The zero-order valence-electron chi connectivity index (χ0n) is 11.7. The Bertz CT molecular complexity index is 652. The van der Waals surface area contributed by atoms with E-state index in [1.807, 2.05) is 26.1 Å². The van der Waals surface area contributed by atoms with Crippen molar-refractivity contribution in [3.63, 3.8) is 0 Å². The molecule has 1 aliphatic heterocycles. The molecule has 3 rings (SSSR count). The number of hydrogen-bond acceptors (Lipinski definition) is 4. The smallest absolute Gasteiger partial charge is 0.311 e. The van der Waals surface area contributed by atoms with Crippen LogP contribution < -0.4 is 4.90 Å². The first kappa shape index (κ1) is 13.4. The van der Waals surface area contributed by atoms with E-state index in [4.69, 9.17) is 0 Å². The Labute approximate surface area is 122 Å². The Morgan fingerprint density at radius 3 is 2.95 bits per heavy atom. The first-order valence-electron chi connectivity index (χ1n) is 6.85. The fraction of sp³-hybridized carbons (Fsp3) is 0.467. The molecule has 1 fully saturated rings. The third-order valence-electron chi connectivity index (χ3n) is 4.49. The molecule has 1 saturated heterocycles. The minimum absolute atomic E-state index is 0.117. The molecular weight excluding hydrogens is 272 g/mol. The van der Waals surface area contributed by atoms with Crippen LogP contribution in [0.15, 0.2) is 23.7 Å². The van der Waals surface area contributed by atoms with Crippen LogP contribution in [0.3, 0.4) is 0 Å². The van der Waals surface area contributed by atoms with E-state index in [1.165, 1.54) is 4.70 Å². The summed E-state index contributed by atoms with van der Waals surface area (Å²) in [7, 11) is 0. The predicted molar refractivity (Wildman–Crippen MR) is 81.4 cm³/mol. The fourth-order valence-corrected chi connectivity index (χ4v) is 3.82. The maximum atomic E-state index is 11.7. The van der Waals surface area contributed by atoms with Crippen molar-refractivity contribution in [2.75, 3.05) is 18.0 Å². The second-order valence-corrected chi connectivity index (χ2v) is 6.70. The van der Waals surface area contributed by atoms with Crippen LogP contribution in [0.2, 0.25) is 0 Å². The molecule has 4 nitrogen and oxygen atoms in total. The highest BCUT2D eigenvalue weighted by molar-refractivity contribution is 7.17. The van der Waals surface area contributed by atoms with Crippen LogP contribution in [0.4, 0.5) is 5.82 Å². The van der Waals surface area contributed by atoms with Crippen molar-refractivity contribution in [1.29, 1.82) is 0 Å². The SMILES string of the molecule is CC(C)C1(C(=O)O)CCN(c2nccc3sccc23)C1. The van der Waals surface area contributed by atoms with E-state index >= 15 is 0 Å². The third kappa shape index (κ3) is 1.88. The molecule has 0 amide bonds. The van der Waals surface area contributed by atoms with E-state index in [0.29, 0.717) is 13.0 Å². The van der Waals surface area contributed by atoms with E-state index in [-0.39, 0.29) is 5.92 Å². The van der Waals surface area contributed by atoms with Gasteiger partial charge in [0, 0.05) is 29.4 Å². The van der Waals surface area contributed by atoms with E-state index in [2.05, 4.69) is 21.3 Å².